The number of H-pyrrole nitrogens is 1. The Morgan fingerprint density at radius 1 is 1.09 bits per heavy atom. The molecular formula is C36H39FN6O4. The average molecular weight is 639 g/mol. The van der Waals surface area contributed by atoms with E-state index in [9.17, 15) is 9.59 Å². The summed E-state index contributed by atoms with van der Waals surface area (Å²) >= 11 is 0. The maximum absolute atomic E-state index is 15.1. The van der Waals surface area contributed by atoms with Crippen molar-refractivity contribution >= 4 is 40.2 Å². The topological polar surface area (TPSA) is 112 Å². The normalized spacial score (nSPS) is 19.7. The van der Waals surface area contributed by atoms with Gasteiger partial charge in [0.1, 0.15) is 17.3 Å². The first-order chi connectivity index (χ1) is 22.7. The third-order valence-electron chi connectivity index (χ3n) is 9.01. The first-order valence-electron chi connectivity index (χ1n) is 15.7. The largest absolute Gasteiger partial charge is 0.497 e. The number of likely N-dealkylation sites (tertiary alicyclic amines) is 1. The van der Waals surface area contributed by atoms with E-state index in [1.54, 1.807) is 55.6 Å². The Kier molecular flexibility index (Phi) is 9.35. The summed E-state index contributed by atoms with van der Waals surface area (Å²) in [7, 11) is 4.82. The van der Waals surface area contributed by atoms with Gasteiger partial charge in [-0.25, -0.2) is 4.39 Å². The fourth-order valence-corrected chi connectivity index (χ4v) is 6.42. The van der Waals surface area contributed by atoms with E-state index in [0.717, 1.165) is 34.3 Å². The molecule has 1 fully saturated rings. The molecule has 0 radical (unpaired) electrons. The van der Waals surface area contributed by atoms with Crippen LogP contribution in [-0.4, -0.2) is 79.1 Å². The Labute approximate surface area is 273 Å². The highest BCUT2D eigenvalue weighted by Crippen LogP contribution is 2.31. The van der Waals surface area contributed by atoms with Crippen molar-refractivity contribution in [3.63, 3.8) is 0 Å². The van der Waals surface area contributed by atoms with Gasteiger partial charge in [-0.1, -0.05) is 6.07 Å². The van der Waals surface area contributed by atoms with Crippen LogP contribution in [0.5, 0.6) is 11.5 Å². The quantitative estimate of drug-likeness (QED) is 0.254. The average Bonchev–Trinajstić information content (AvgIpc) is 3.52. The van der Waals surface area contributed by atoms with Crippen molar-refractivity contribution in [1.29, 1.82) is 0 Å². The zero-order chi connectivity index (χ0) is 33.1. The molecule has 47 heavy (non-hydrogen) atoms. The molecular weight excluding hydrogens is 599 g/mol. The number of halogens is 1. The van der Waals surface area contributed by atoms with Crippen molar-refractivity contribution in [2.24, 2.45) is 4.99 Å². The molecule has 0 saturated carbocycles. The van der Waals surface area contributed by atoms with Gasteiger partial charge in [0.15, 0.2) is 0 Å². The number of carbonyl (C=O) groups excluding carboxylic acids is 2. The highest BCUT2D eigenvalue weighted by atomic mass is 19.1. The van der Waals surface area contributed by atoms with E-state index in [2.05, 4.69) is 27.4 Å². The number of benzene rings is 3. The second-order valence-corrected chi connectivity index (χ2v) is 12.1. The van der Waals surface area contributed by atoms with Crippen LogP contribution in [0.3, 0.4) is 0 Å². The lowest BCUT2D eigenvalue weighted by Gasteiger charge is -2.40. The summed E-state index contributed by atoms with van der Waals surface area (Å²) in [5.74, 6) is 0.342. The van der Waals surface area contributed by atoms with E-state index in [1.807, 2.05) is 35.2 Å². The molecule has 244 valence electrons. The summed E-state index contributed by atoms with van der Waals surface area (Å²) in [6.45, 7) is 2.54. The number of methoxy groups -OCH3 is 2. The number of dihydropyridines is 1. The van der Waals surface area contributed by atoms with Crippen molar-refractivity contribution in [2.75, 3.05) is 32.7 Å². The molecule has 2 amide bonds. The smallest absolute Gasteiger partial charge is 0.251 e. The SMILES string of the molecule is COc1ccc(N(C)C(=O)[C@@H]2CC[C@@H](NC(=O)c3ccc4[nH]nc(C5=CC=NC(C)C5)c4c3)CN2Cc2c(F)cccc2OC)cc1. The van der Waals surface area contributed by atoms with Crippen LogP contribution in [0.1, 0.15) is 47.8 Å². The number of nitrogens with one attached hydrogen (secondary N) is 2. The fraction of sp³-hybridized carbons (Fsp3) is 0.333. The van der Waals surface area contributed by atoms with Gasteiger partial charge in [0.05, 0.1) is 37.5 Å². The third-order valence-corrected chi connectivity index (χ3v) is 9.01. The molecule has 1 aromatic heterocycles. The molecule has 1 unspecified atom stereocenters. The molecule has 2 N–H and O–H groups in total. The van der Waals surface area contributed by atoms with Crippen LogP contribution < -0.4 is 19.7 Å². The second-order valence-electron chi connectivity index (χ2n) is 12.1. The molecule has 2 aliphatic heterocycles. The van der Waals surface area contributed by atoms with Crippen molar-refractivity contribution in [2.45, 2.75) is 50.9 Å². The number of carbonyl (C=O) groups is 2. The predicted octanol–water partition coefficient (Wildman–Crippen LogP) is 5.39. The van der Waals surface area contributed by atoms with Gasteiger partial charge in [-0.15, -0.1) is 0 Å². The lowest BCUT2D eigenvalue weighted by atomic mass is 9.95. The fourth-order valence-electron chi connectivity index (χ4n) is 6.42. The highest BCUT2D eigenvalue weighted by Gasteiger charge is 2.36. The Hall–Kier alpha value is -5.03. The highest BCUT2D eigenvalue weighted by molar-refractivity contribution is 6.02. The maximum atomic E-state index is 15.1. The number of aromatic amines is 1. The molecule has 2 aliphatic rings. The first kappa shape index (κ1) is 31.9. The van der Waals surface area contributed by atoms with Crippen LogP contribution in [0.25, 0.3) is 16.5 Å². The van der Waals surface area contributed by atoms with Gasteiger partial charge in [-0.3, -0.25) is 24.6 Å². The number of aromatic nitrogens is 2. The molecule has 10 nitrogen and oxygen atoms in total. The Balaban J connectivity index is 1.23. The van der Waals surface area contributed by atoms with Gasteiger partial charge in [0.2, 0.25) is 5.91 Å². The van der Waals surface area contributed by atoms with Gasteiger partial charge >= 0.3 is 0 Å². The first-order valence-corrected chi connectivity index (χ1v) is 15.7. The van der Waals surface area contributed by atoms with Gasteiger partial charge in [0, 0.05) is 54.6 Å². The minimum atomic E-state index is -0.542. The number of rotatable bonds is 9. The lowest BCUT2D eigenvalue weighted by molar-refractivity contribution is -0.125. The minimum Gasteiger partial charge on any atom is -0.497 e. The number of piperidine rings is 1. The Morgan fingerprint density at radius 3 is 2.64 bits per heavy atom. The zero-order valence-corrected chi connectivity index (χ0v) is 27.0. The van der Waals surface area contributed by atoms with Crippen LogP contribution in [0, 0.1) is 5.82 Å². The predicted molar refractivity (Wildman–Crippen MR) is 181 cm³/mol. The minimum absolute atomic E-state index is 0.121. The van der Waals surface area contributed by atoms with Crippen LogP contribution >= 0.6 is 0 Å². The number of hydrogen-bond acceptors (Lipinski definition) is 7. The molecule has 11 heteroatoms. The van der Waals surface area contributed by atoms with Crippen LogP contribution in [0.15, 0.2) is 71.7 Å². The van der Waals surface area contributed by atoms with E-state index in [4.69, 9.17) is 9.47 Å². The molecule has 0 spiro atoms. The number of allylic oxidation sites excluding steroid dienone is 1. The Bertz CT molecular complexity index is 1830. The van der Waals surface area contributed by atoms with Crippen LogP contribution in [-0.2, 0) is 11.3 Å². The number of nitrogens with zero attached hydrogens (tertiary/aromatic N) is 4. The summed E-state index contributed by atoms with van der Waals surface area (Å²) in [6.07, 6.45) is 5.59. The van der Waals surface area contributed by atoms with Crippen molar-refractivity contribution in [3.05, 3.63) is 89.4 Å². The summed E-state index contributed by atoms with van der Waals surface area (Å²) in [4.78, 5) is 35.5. The van der Waals surface area contributed by atoms with E-state index in [-0.39, 0.29) is 30.4 Å². The molecule has 3 heterocycles. The second kappa shape index (κ2) is 13.8. The molecule has 3 atom stereocenters. The maximum Gasteiger partial charge on any atom is 0.251 e. The molecule has 0 bridgehead atoms. The van der Waals surface area contributed by atoms with Crippen LogP contribution in [0.2, 0.25) is 0 Å². The molecule has 0 aliphatic carbocycles. The molecule has 1 saturated heterocycles. The van der Waals surface area contributed by atoms with Crippen molar-refractivity contribution in [1.82, 2.24) is 20.4 Å². The van der Waals surface area contributed by atoms with Gasteiger partial charge in [-0.2, -0.15) is 5.10 Å². The van der Waals surface area contributed by atoms with Crippen molar-refractivity contribution < 1.29 is 23.5 Å². The van der Waals surface area contributed by atoms with Gasteiger partial charge in [0.25, 0.3) is 5.91 Å². The summed E-state index contributed by atoms with van der Waals surface area (Å²) in [5, 5.41) is 11.7. The summed E-state index contributed by atoms with van der Waals surface area (Å²) in [6, 6.07) is 16.8. The molecule has 3 aromatic carbocycles. The number of ether oxygens (including phenoxy) is 2. The lowest BCUT2D eigenvalue weighted by Crippen LogP contribution is -2.56. The van der Waals surface area contributed by atoms with Crippen LogP contribution in [0.4, 0.5) is 10.1 Å². The summed E-state index contributed by atoms with van der Waals surface area (Å²) < 4.78 is 25.9. The zero-order valence-electron chi connectivity index (χ0n) is 27.0. The van der Waals surface area contributed by atoms with Crippen molar-refractivity contribution in [3.8, 4) is 11.5 Å². The Morgan fingerprint density at radius 2 is 1.89 bits per heavy atom. The van der Waals surface area contributed by atoms with E-state index < -0.39 is 11.9 Å². The van der Waals surface area contributed by atoms with Gasteiger partial charge in [-0.05, 0) is 92.4 Å². The number of fused-ring (bicyclic) bond motifs is 1. The summed E-state index contributed by atoms with van der Waals surface area (Å²) in [5.41, 5.74) is 4.32. The van der Waals surface area contributed by atoms with Gasteiger partial charge < -0.3 is 19.7 Å². The number of likely N-dealkylation sites (N-methyl/N-ethyl adjacent to an activating group) is 1. The van der Waals surface area contributed by atoms with E-state index >= 15 is 4.39 Å². The monoisotopic (exact) mass is 638 g/mol. The number of amides is 2. The number of aliphatic imine (C=N–C) groups is 1. The standard InChI is InChI=1S/C36H39FN6O4/c1-22-18-23(16-17-38-22)34-28-19-24(8-14-31(28)40-41-34)35(44)39-25-9-15-32(36(45)42(2)26-10-12-27(46-3)13-11-26)43(20-25)21-29-30(37)6-5-7-33(29)47-4/h5-8,10-14,16-17,19,22,25,32H,9,15,18,20-21H2,1-4H3,(H,39,44)(H,40,41)/t22?,25-,32+/m1/s1. The number of hydrogen-bond donors (Lipinski definition) is 2. The number of anilines is 1. The van der Waals surface area contributed by atoms with E-state index in [0.29, 0.717) is 42.0 Å². The molecule has 4 aromatic rings. The third kappa shape index (κ3) is 6.76. The van der Waals surface area contributed by atoms with E-state index in [1.165, 1.54) is 13.2 Å². The molecule has 6 rings (SSSR count).